The van der Waals surface area contributed by atoms with E-state index in [9.17, 15) is 4.79 Å². The van der Waals surface area contributed by atoms with Crippen molar-refractivity contribution in [2.75, 3.05) is 5.75 Å². The molecule has 1 nitrogen and oxygen atoms in total. The molecule has 0 amide bonds. The van der Waals surface area contributed by atoms with Gasteiger partial charge in [0, 0.05) is 10.5 Å². The molecule has 0 aromatic heterocycles. The van der Waals surface area contributed by atoms with Gasteiger partial charge in [-0.25, -0.2) is 0 Å². The molecule has 1 aliphatic heterocycles. The van der Waals surface area contributed by atoms with E-state index in [4.69, 9.17) is 0 Å². The largest absolute Gasteiger partial charge is 0.293 e. The van der Waals surface area contributed by atoms with Crippen LogP contribution in [0.3, 0.4) is 0 Å². The molecule has 0 aromatic carbocycles. The van der Waals surface area contributed by atoms with Gasteiger partial charge in [-0.15, -0.1) is 11.8 Å². The summed E-state index contributed by atoms with van der Waals surface area (Å²) in [6, 6.07) is 0. The van der Waals surface area contributed by atoms with Gasteiger partial charge in [-0.1, -0.05) is 31.4 Å². The SMILES string of the molecule is C=C/C=C\C1=C(C(=C)C)SCC1=O. The summed E-state index contributed by atoms with van der Waals surface area (Å²) in [7, 11) is 0. The molecule has 0 unspecified atom stereocenters. The van der Waals surface area contributed by atoms with Crippen LogP contribution in [0.5, 0.6) is 0 Å². The number of carbonyl (C=O) groups is 1. The standard InChI is InChI=1S/C11H12OS/c1-4-5-6-9-10(12)7-13-11(9)8(2)3/h4-6H,1-2,7H2,3H3/b6-5-. The van der Waals surface area contributed by atoms with Crippen molar-refractivity contribution in [2.24, 2.45) is 0 Å². The van der Waals surface area contributed by atoms with Gasteiger partial charge in [0.2, 0.25) is 0 Å². The Morgan fingerprint density at radius 1 is 1.62 bits per heavy atom. The Bertz CT molecular complexity index is 321. The van der Waals surface area contributed by atoms with Gasteiger partial charge in [-0.05, 0) is 12.5 Å². The molecule has 0 atom stereocenters. The van der Waals surface area contributed by atoms with Crippen LogP contribution >= 0.6 is 11.8 Å². The summed E-state index contributed by atoms with van der Waals surface area (Å²) < 4.78 is 0. The number of Topliss-reactive ketones (excluding diaryl/α,β-unsaturated/α-hetero) is 1. The van der Waals surface area contributed by atoms with Crippen molar-refractivity contribution in [1.29, 1.82) is 0 Å². The van der Waals surface area contributed by atoms with Crippen LogP contribution in [0.15, 0.2) is 47.4 Å². The Hall–Kier alpha value is -1.02. The molecule has 0 fully saturated rings. The third-order valence-corrected chi connectivity index (χ3v) is 2.94. The highest BCUT2D eigenvalue weighted by molar-refractivity contribution is 8.04. The van der Waals surface area contributed by atoms with E-state index in [1.807, 2.05) is 6.92 Å². The molecule has 13 heavy (non-hydrogen) atoms. The smallest absolute Gasteiger partial charge is 0.174 e. The molecular formula is C11H12OS. The summed E-state index contributed by atoms with van der Waals surface area (Å²) in [5.74, 6) is 0.722. The van der Waals surface area contributed by atoms with Crippen LogP contribution in [0.25, 0.3) is 0 Å². The van der Waals surface area contributed by atoms with Gasteiger partial charge >= 0.3 is 0 Å². The maximum absolute atomic E-state index is 11.4. The zero-order valence-electron chi connectivity index (χ0n) is 7.67. The molecule has 0 saturated heterocycles. The second kappa shape index (κ2) is 4.28. The van der Waals surface area contributed by atoms with Gasteiger partial charge in [0.05, 0.1) is 5.75 Å². The van der Waals surface area contributed by atoms with E-state index < -0.39 is 0 Å². The van der Waals surface area contributed by atoms with Crippen LogP contribution in [0.4, 0.5) is 0 Å². The van der Waals surface area contributed by atoms with Crippen molar-refractivity contribution < 1.29 is 4.79 Å². The Morgan fingerprint density at radius 3 is 2.85 bits per heavy atom. The van der Waals surface area contributed by atoms with Gasteiger partial charge in [0.1, 0.15) is 0 Å². The van der Waals surface area contributed by atoms with Crippen molar-refractivity contribution in [3.05, 3.63) is 47.4 Å². The van der Waals surface area contributed by atoms with Crippen molar-refractivity contribution in [2.45, 2.75) is 6.92 Å². The molecule has 2 heteroatoms. The second-order valence-electron chi connectivity index (χ2n) is 2.83. The topological polar surface area (TPSA) is 17.1 Å². The van der Waals surface area contributed by atoms with Crippen LogP contribution in [0.2, 0.25) is 0 Å². The third-order valence-electron chi connectivity index (χ3n) is 1.68. The quantitative estimate of drug-likeness (QED) is 0.639. The fraction of sp³-hybridized carbons (Fsp3) is 0.182. The lowest BCUT2D eigenvalue weighted by atomic mass is 10.1. The second-order valence-corrected chi connectivity index (χ2v) is 3.82. The van der Waals surface area contributed by atoms with E-state index in [0.29, 0.717) is 5.75 Å². The first-order chi connectivity index (χ1) is 6.16. The highest BCUT2D eigenvalue weighted by Gasteiger charge is 2.21. The predicted octanol–water partition coefficient (Wildman–Crippen LogP) is 2.87. The number of ketones is 1. The van der Waals surface area contributed by atoms with Crippen LogP contribution in [-0.4, -0.2) is 11.5 Å². The summed E-state index contributed by atoms with van der Waals surface area (Å²) in [4.78, 5) is 12.4. The number of hydrogen-bond acceptors (Lipinski definition) is 2. The highest BCUT2D eigenvalue weighted by Crippen LogP contribution is 2.34. The number of rotatable bonds is 3. The average Bonchev–Trinajstić information content (AvgIpc) is 2.43. The fourth-order valence-corrected chi connectivity index (χ4v) is 2.12. The lowest BCUT2D eigenvalue weighted by Crippen LogP contribution is -1.97. The summed E-state index contributed by atoms with van der Waals surface area (Å²) in [5, 5.41) is 0. The van der Waals surface area contributed by atoms with Crippen molar-refractivity contribution in [3.8, 4) is 0 Å². The molecule has 0 saturated carbocycles. The summed E-state index contributed by atoms with van der Waals surface area (Å²) in [6.45, 7) is 9.33. The molecule has 1 rings (SSSR count). The minimum absolute atomic E-state index is 0.182. The summed E-state index contributed by atoms with van der Waals surface area (Å²) in [6.07, 6.45) is 5.25. The number of allylic oxidation sites excluding steroid dienone is 5. The van der Waals surface area contributed by atoms with Gasteiger partial charge in [0.25, 0.3) is 0 Å². The van der Waals surface area contributed by atoms with Gasteiger partial charge in [-0.2, -0.15) is 0 Å². The molecule has 68 valence electrons. The lowest BCUT2D eigenvalue weighted by Gasteiger charge is -1.98. The highest BCUT2D eigenvalue weighted by atomic mass is 32.2. The van der Waals surface area contributed by atoms with Crippen molar-refractivity contribution >= 4 is 17.5 Å². The van der Waals surface area contributed by atoms with E-state index in [1.54, 1.807) is 30.0 Å². The minimum Gasteiger partial charge on any atom is -0.293 e. The van der Waals surface area contributed by atoms with E-state index in [2.05, 4.69) is 13.2 Å². The van der Waals surface area contributed by atoms with Crippen LogP contribution in [-0.2, 0) is 4.79 Å². The van der Waals surface area contributed by atoms with Crippen LogP contribution < -0.4 is 0 Å². The summed E-state index contributed by atoms with van der Waals surface area (Å²) >= 11 is 1.56. The zero-order valence-corrected chi connectivity index (χ0v) is 8.49. The summed E-state index contributed by atoms with van der Waals surface area (Å²) in [5.41, 5.74) is 1.73. The fourth-order valence-electron chi connectivity index (χ4n) is 1.11. The molecule has 0 spiro atoms. The molecule has 0 aromatic rings. The maximum Gasteiger partial charge on any atom is 0.174 e. The molecular weight excluding hydrogens is 180 g/mol. The first-order valence-corrected chi connectivity index (χ1v) is 5.00. The van der Waals surface area contributed by atoms with E-state index in [1.165, 1.54) is 0 Å². The van der Waals surface area contributed by atoms with Gasteiger partial charge in [0.15, 0.2) is 5.78 Å². The van der Waals surface area contributed by atoms with Gasteiger partial charge in [-0.3, -0.25) is 4.79 Å². The monoisotopic (exact) mass is 192 g/mol. The number of thioether (sulfide) groups is 1. The van der Waals surface area contributed by atoms with Gasteiger partial charge < -0.3 is 0 Å². The average molecular weight is 192 g/mol. The molecule has 0 radical (unpaired) electrons. The molecule has 1 heterocycles. The zero-order chi connectivity index (χ0) is 9.84. The van der Waals surface area contributed by atoms with E-state index >= 15 is 0 Å². The molecule has 0 bridgehead atoms. The Kier molecular flexibility index (Phi) is 3.32. The maximum atomic E-state index is 11.4. The normalized spacial score (nSPS) is 17.2. The van der Waals surface area contributed by atoms with E-state index in [-0.39, 0.29) is 5.78 Å². The van der Waals surface area contributed by atoms with Crippen LogP contribution in [0.1, 0.15) is 6.92 Å². The lowest BCUT2D eigenvalue weighted by molar-refractivity contribution is -0.112. The molecule has 0 aliphatic carbocycles. The van der Waals surface area contributed by atoms with Crippen molar-refractivity contribution in [1.82, 2.24) is 0 Å². The number of hydrogen-bond donors (Lipinski definition) is 0. The van der Waals surface area contributed by atoms with Crippen LogP contribution in [0, 0.1) is 0 Å². The third kappa shape index (κ3) is 2.22. The molecule has 1 aliphatic rings. The molecule has 0 N–H and O–H groups in total. The Balaban J connectivity index is 3.03. The Labute approximate surface area is 82.9 Å². The Morgan fingerprint density at radius 2 is 2.31 bits per heavy atom. The first-order valence-electron chi connectivity index (χ1n) is 4.02. The predicted molar refractivity (Wildman–Crippen MR) is 58.6 cm³/mol. The number of carbonyl (C=O) groups excluding carboxylic acids is 1. The van der Waals surface area contributed by atoms with E-state index in [0.717, 1.165) is 16.1 Å². The first kappa shape index (κ1) is 10.1. The van der Waals surface area contributed by atoms with Crippen molar-refractivity contribution in [3.63, 3.8) is 0 Å². The minimum atomic E-state index is 0.182.